The Balaban J connectivity index is 1.48. The Bertz CT molecular complexity index is 909. The molecular formula is C24H31F3N2O3. The molecule has 0 saturated heterocycles. The molecule has 8 heteroatoms. The first kappa shape index (κ1) is 22.9. The molecule has 1 aliphatic heterocycles. The van der Waals surface area contributed by atoms with Crippen molar-refractivity contribution in [2.75, 3.05) is 6.54 Å². The van der Waals surface area contributed by atoms with Crippen molar-refractivity contribution in [1.29, 1.82) is 0 Å². The quantitative estimate of drug-likeness (QED) is 0.682. The second-order valence-corrected chi connectivity index (χ2v) is 10.5. The first-order valence-electron chi connectivity index (χ1n) is 11.4. The summed E-state index contributed by atoms with van der Waals surface area (Å²) in [4.78, 5) is 27.7. The topological polar surface area (TPSA) is 58.6 Å². The third-order valence-corrected chi connectivity index (χ3v) is 7.12. The predicted molar refractivity (Wildman–Crippen MR) is 113 cm³/mol. The van der Waals surface area contributed by atoms with Gasteiger partial charge in [-0.05, 0) is 82.1 Å². The zero-order chi connectivity index (χ0) is 23.3. The Labute approximate surface area is 186 Å². The highest BCUT2D eigenvalue weighted by molar-refractivity contribution is 5.84. The van der Waals surface area contributed by atoms with Gasteiger partial charge in [-0.2, -0.15) is 13.2 Å². The number of alkyl carbamates (subject to hydrolysis) is 1. The zero-order valence-corrected chi connectivity index (χ0v) is 18.8. The number of hydrogen-bond donors (Lipinski definition) is 1. The number of carbonyl (C=O) groups is 2. The lowest BCUT2D eigenvalue weighted by atomic mass is 9.78. The van der Waals surface area contributed by atoms with E-state index in [4.69, 9.17) is 4.74 Å². The minimum absolute atomic E-state index is 0.0246. The third-order valence-electron chi connectivity index (χ3n) is 7.12. The number of alkyl halides is 3. The molecular weight excluding hydrogens is 421 g/mol. The van der Waals surface area contributed by atoms with Crippen LogP contribution in [0.2, 0.25) is 0 Å². The summed E-state index contributed by atoms with van der Waals surface area (Å²) in [5.74, 6) is 0.203. The number of fused-ring (bicyclic) bond motifs is 2. The number of amides is 2. The summed E-state index contributed by atoms with van der Waals surface area (Å²) in [6, 6.07) is 3.70. The minimum Gasteiger partial charge on any atom is -0.444 e. The highest BCUT2D eigenvalue weighted by Crippen LogP contribution is 2.55. The van der Waals surface area contributed by atoms with Gasteiger partial charge in [-0.1, -0.05) is 12.5 Å². The predicted octanol–water partition coefficient (Wildman–Crippen LogP) is 5.06. The molecule has 2 aliphatic carbocycles. The molecule has 1 aromatic rings. The van der Waals surface area contributed by atoms with Gasteiger partial charge in [0.05, 0.1) is 11.0 Å². The van der Waals surface area contributed by atoms with E-state index in [0.717, 1.165) is 37.3 Å². The van der Waals surface area contributed by atoms with Crippen LogP contribution in [0.5, 0.6) is 0 Å². The van der Waals surface area contributed by atoms with Crippen LogP contribution >= 0.6 is 0 Å². The molecule has 0 spiro atoms. The van der Waals surface area contributed by atoms with E-state index in [1.165, 1.54) is 12.1 Å². The average Bonchev–Trinajstić information content (AvgIpc) is 3.22. The van der Waals surface area contributed by atoms with E-state index >= 15 is 0 Å². The number of benzene rings is 1. The summed E-state index contributed by atoms with van der Waals surface area (Å²) in [7, 11) is 0. The maximum atomic E-state index is 13.7. The molecule has 0 radical (unpaired) electrons. The molecule has 2 amide bonds. The number of halogens is 3. The van der Waals surface area contributed by atoms with E-state index in [-0.39, 0.29) is 24.4 Å². The zero-order valence-electron chi connectivity index (χ0n) is 18.8. The molecule has 0 aromatic heterocycles. The molecule has 0 bridgehead atoms. The highest BCUT2D eigenvalue weighted by Gasteiger charge is 2.56. The van der Waals surface area contributed by atoms with Gasteiger partial charge in [0.15, 0.2) is 0 Å². The second-order valence-electron chi connectivity index (χ2n) is 10.5. The van der Waals surface area contributed by atoms with E-state index in [2.05, 4.69) is 5.32 Å². The van der Waals surface area contributed by atoms with Crippen LogP contribution in [0.4, 0.5) is 18.0 Å². The second kappa shape index (κ2) is 7.96. The van der Waals surface area contributed by atoms with Gasteiger partial charge >= 0.3 is 12.3 Å². The molecule has 176 valence electrons. The fourth-order valence-electron chi connectivity index (χ4n) is 5.80. The molecule has 1 N–H and O–H groups in total. The Morgan fingerprint density at radius 2 is 1.94 bits per heavy atom. The highest BCUT2D eigenvalue weighted by atomic mass is 19.4. The Morgan fingerprint density at radius 1 is 1.19 bits per heavy atom. The van der Waals surface area contributed by atoms with E-state index in [1.54, 1.807) is 25.7 Å². The molecule has 2 saturated carbocycles. The summed E-state index contributed by atoms with van der Waals surface area (Å²) in [6.07, 6.45) is -0.387. The number of hydrogen-bond acceptors (Lipinski definition) is 3. The molecule has 1 aromatic carbocycles. The lowest BCUT2D eigenvalue weighted by molar-refractivity contribution is -0.144. The van der Waals surface area contributed by atoms with E-state index in [9.17, 15) is 22.8 Å². The van der Waals surface area contributed by atoms with Crippen LogP contribution < -0.4 is 5.32 Å². The fraction of sp³-hybridized carbons (Fsp3) is 0.667. The van der Waals surface area contributed by atoms with Crippen molar-refractivity contribution in [2.24, 2.45) is 11.3 Å². The number of carbonyl (C=O) groups excluding carboxylic acids is 2. The summed E-state index contributed by atoms with van der Waals surface area (Å²) < 4.78 is 44.8. The van der Waals surface area contributed by atoms with Gasteiger partial charge in [-0.15, -0.1) is 0 Å². The Morgan fingerprint density at radius 3 is 2.62 bits per heavy atom. The lowest BCUT2D eigenvalue weighted by Gasteiger charge is -2.37. The Hall–Kier alpha value is -2.25. The molecule has 0 unspecified atom stereocenters. The lowest BCUT2D eigenvalue weighted by Crippen LogP contribution is -2.47. The van der Waals surface area contributed by atoms with Crippen molar-refractivity contribution in [1.82, 2.24) is 10.2 Å². The molecule has 32 heavy (non-hydrogen) atoms. The SMILES string of the molecule is CC(C)(C)OC(=O)N[C@@H]1C[C@H]2CCC[C@@]2(C(=O)N2CCc3ccc(C(F)(F)F)cc3C2)C1. The number of nitrogens with one attached hydrogen (secondary N) is 1. The Kier molecular flexibility index (Phi) is 5.70. The van der Waals surface area contributed by atoms with Gasteiger partial charge < -0.3 is 15.0 Å². The number of nitrogens with zero attached hydrogens (tertiary/aromatic N) is 1. The molecule has 3 aliphatic rings. The van der Waals surface area contributed by atoms with Gasteiger partial charge in [0.1, 0.15) is 5.60 Å². The molecule has 2 fully saturated rings. The van der Waals surface area contributed by atoms with Crippen LogP contribution in [0.3, 0.4) is 0 Å². The summed E-state index contributed by atoms with van der Waals surface area (Å²) in [5.41, 5.74) is -0.364. The van der Waals surface area contributed by atoms with Crippen LogP contribution in [-0.2, 0) is 28.7 Å². The smallest absolute Gasteiger partial charge is 0.416 e. The normalized spacial score (nSPS) is 27.6. The first-order chi connectivity index (χ1) is 14.9. The standard InChI is InChI=1S/C24H31F3N2O3/c1-22(2,3)32-21(31)28-19-12-17-5-4-9-23(17,13-19)20(30)29-10-8-15-6-7-18(24(25,26)27)11-16(15)14-29/h6-7,11,17,19H,4-5,8-10,12-14H2,1-3H3,(H,28,31)/t17-,19-,23-/m1/s1. The van der Waals surface area contributed by atoms with E-state index < -0.39 is 28.8 Å². The molecule has 1 heterocycles. The average molecular weight is 453 g/mol. The first-order valence-corrected chi connectivity index (χ1v) is 11.4. The largest absolute Gasteiger partial charge is 0.444 e. The fourth-order valence-corrected chi connectivity index (χ4v) is 5.80. The van der Waals surface area contributed by atoms with Crippen molar-refractivity contribution in [3.8, 4) is 0 Å². The molecule has 5 nitrogen and oxygen atoms in total. The molecule has 3 atom stereocenters. The van der Waals surface area contributed by atoms with Crippen LogP contribution in [-0.4, -0.2) is 35.1 Å². The van der Waals surface area contributed by atoms with Gasteiger partial charge in [0.2, 0.25) is 5.91 Å². The van der Waals surface area contributed by atoms with E-state index in [1.807, 2.05) is 0 Å². The van der Waals surface area contributed by atoms with Gasteiger partial charge in [0.25, 0.3) is 0 Å². The third kappa shape index (κ3) is 4.46. The van der Waals surface area contributed by atoms with Crippen molar-refractivity contribution in [3.05, 3.63) is 34.9 Å². The van der Waals surface area contributed by atoms with Gasteiger partial charge in [0, 0.05) is 19.1 Å². The van der Waals surface area contributed by atoms with Crippen molar-refractivity contribution >= 4 is 12.0 Å². The number of ether oxygens (including phenoxy) is 1. The minimum atomic E-state index is -4.40. The molecule has 4 rings (SSSR count). The maximum Gasteiger partial charge on any atom is 0.416 e. The van der Waals surface area contributed by atoms with Crippen LogP contribution in [0, 0.1) is 11.3 Å². The van der Waals surface area contributed by atoms with Crippen LogP contribution in [0.25, 0.3) is 0 Å². The van der Waals surface area contributed by atoms with Crippen molar-refractivity contribution in [2.45, 2.75) is 83.7 Å². The summed E-state index contributed by atoms with van der Waals surface area (Å²) >= 11 is 0. The number of rotatable bonds is 2. The monoisotopic (exact) mass is 452 g/mol. The van der Waals surface area contributed by atoms with Crippen molar-refractivity contribution < 1.29 is 27.5 Å². The summed E-state index contributed by atoms with van der Waals surface area (Å²) in [5, 5.41) is 2.93. The van der Waals surface area contributed by atoms with E-state index in [0.29, 0.717) is 24.9 Å². The van der Waals surface area contributed by atoms with Crippen LogP contribution in [0.1, 0.15) is 69.6 Å². The van der Waals surface area contributed by atoms with Gasteiger partial charge in [-0.25, -0.2) is 4.79 Å². The summed E-state index contributed by atoms with van der Waals surface area (Å²) in [6.45, 7) is 6.13. The van der Waals surface area contributed by atoms with Gasteiger partial charge in [-0.3, -0.25) is 4.79 Å². The van der Waals surface area contributed by atoms with Crippen molar-refractivity contribution in [3.63, 3.8) is 0 Å². The van der Waals surface area contributed by atoms with Crippen LogP contribution in [0.15, 0.2) is 18.2 Å². The maximum absolute atomic E-state index is 13.7.